The van der Waals surface area contributed by atoms with E-state index in [0.717, 1.165) is 22.0 Å². The number of hydrazine groups is 1. The lowest BCUT2D eigenvalue weighted by Gasteiger charge is -2.15. The van der Waals surface area contributed by atoms with Crippen LogP contribution < -0.4 is 15.6 Å². The number of carbonyl (C=O) groups is 2. The molecule has 2 N–H and O–H groups in total. The minimum Gasteiger partial charge on any atom is -0.481 e. The minimum absolute atomic E-state index is 0.237. The van der Waals surface area contributed by atoms with Crippen LogP contribution in [0.1, 0.15) is 17.3 Å². The van der Waals surface area contributed by atoms with Gasteiger partial charge in [-0.3, -0.25) is 20.4 Å². The topological polar surface area (TPSA) is 97.6 Å². The zero-order valence-corrected chi connectivity index (χ0v) is 18.3. The van der Waals surface area contributed by atoms with Gasteiger partial charge in [-0.1, -0.05) is 60.7 Å². The zero-order valence-electron chi connectivity index (χ0n) is 18.3. The number of rotatable bonds is 5. The Morgan fingerprint density at radius 1 is 0.912 bits per heavy atom. The predicted octanol–water partition coefficient (Wildman–Crippen LogP) is 3.78. The number of hydrogen-bond donors (Lipinski definition) is 2. The fourth-order valence-electron chi connectivity index (χ4n) is 3.66. The molecule has 5 rings (SSSR count). The molecule has 2 heterocycles. The first-order chi connectivity index (χ1) is 16.6. The fourth-order valence-corrected chi connectivity index (χ4v) is 3.66. The van der Waals surface area contributed by atoms with Gasteiger partial charge in [-0.15, -0.1) is 0 Å². The first-order valence-corrected chi connectivity index (χ1v) is 10.7. The van der Waals surface area contributed by atoms with Crippen molar-refractivity contribution in [1.29, 1.82) is 0 Å². The van der Waals surface area contributed by atoms with Gasteiger partial charge >= 0.3 is 0 Å². The van der Waals surface area contributed by atoms with Gasteiger partial charge in [-0.2, -0.15) is 5.10 Å². The van der Waals surface area contributed by atoms with E-state index in [1.165, 1.54) is 6.20 Å². The highest BCUT2D eigenvalue weighted by atomic mass is 16.5. The third-order valence-corrected chi connectivity index (χ3v) is 5.42. The van der Waals surface area contributed by atoms with E-state index in [1.54, 1.807) is 23.7 Å². The average molecular weight is 451 g/mol. The summed E-state index contributed by atoms with van der Waals surface area (Å²) in [6.45, 7) is 1.61. The normalized spacial score (nSPS) is 11.8. The van der Waals surface area contributed by atoms with Crippen molar-refractivity contribution in [3.8, 4) is 17.0 Å². The van der Waals surface area contributed by atoms with Crippen LogP contribution in [0.2, 0.25) is 0 Å². The number of nitrogens with zero attached hydrogens (tertiary/aromatic N) is 3. The fraction of sp³-hybridized carbons (Fsp3) is 0.0769. The van der Waals surface area contributed by atoms with Gasteiger partial charge in [-0.25, -0.2) is 9.50 Å². The van der Waals surface area contributed by atoms with Crippen molar-refractivity contribution in [3.63, 3.8) is 0 Å². The van der Waals surface area contributed by atoms with Crippen LogP contribution in [0, 0.1) is 0 Å². The summed E-state index contributed by atoms with van der Waals surface area (Å²) in [6.07, 6.45) is 2.22. The summed E-state index contributed by atoms with van der Waals surface area (Å²) in [5.74, 6) is -0.456. The predicted molar refractivity (Wildman–Crippen MR) is 128 cm³/mol. The molecule has 0 aliphatic rings. The van der Waals surface area contributed by atoms with Gasteiger partial charge in [0, 0.05) is 11.8 Å². The molecule has 168 valence electrons. The van der Waals surface area contributed by atoms with Crippen LogP contribution in [0.5, 0.6) is 5.75 Å². The quantitative estimate of drug-likeness (QED) is 0.397. The maximum atomic E-state index is 12.7. The van der Waals surface area contributed by atoms with E-state index < -0.39 is 17.9 Å². The number of amides is 2. The molecule has 34 heavy (non-hydrogen) atoms. The van der Waals surface area contributed by atoms with Gasteiger partial charge in [0.15, 0.2) is 11.8 Å². The number of carbonyl (C=O) groups excluding carboxylic acids is 2. The van der Waals surface area contributed by atoms with E-state index in [4.69, 9.17) is 4.74 Å². The monoisotopic (exact) mass is 451 g/mol. The third kappa shape index (κ3) is 4.16. The van der Waals surface area contributed by atoms with Gasteiger partial charge < -0.3 is 4.74 Å². The van der Waals surface area contributed by atoms with E-state index in [-0.39, 0.29) is 5.56 Å². The van der Waals surface area contributed by atoms with Crippen molar-refractivity contribution in [2.75, 3.05) is 0 Å². The molecule has 2 amide bonds. The Hall–Kier alpha value is -4.72. The molecule has 0 radical (unpaired) electrons. The Morgan fingerprint density at radius 2 is 1.68 bits per heavy atom. The van der Waals surface area contributed by atoms with Crippen LogP contribution in [0.25, 0.3) is 27.7 Å². The molecule has 0 fully saturated rings. The van der Waals surface area contributed by atoms with Crippen molar-refractivity contribution < 1.29 is 14.3 Å². The smallest absolute Gasteiger partial charge is 0.279 e. The Kier molecular flexibility index (Phi) is 5.61. The third-order valence-electron chi connectivity index (χ3n) is 5.42. The van der Waals surface area contributed by atoms with Crippen LogP contribution in [-0.4, -0.2) is 32.5 Å². The highest BCUT2D eigenvalue weighted by molar-refractivity contribution is 6.00. The molecule has 5 aromatic rings. The molecule has 0 saturated carbocycles. The second-order valence-electron chi connectivity index (χ2n) is 7.70. The molecular formula is C26H21N5O3. The summed E-state index contributed by atoms with van der Waals surface area (Å²) in [5, 5.41) is 6.41. The summed E-state index contributed by atoms with van der Waals surface area (Å²) >= 11 is 0. The van der Waals surface area contributed by atoms with Crippen molar-refractivity contribution in [2.45, 2.75) is 13.0 Å². The summed E-state index contributed by atoms with van der Waals surface area (Å²) in [4.78, 5) is 29.5. The van der Waals surface area contributed by atoms with Gasteiger partial charge in [0.25, 0.3) is 11.8 Å². The van der Waals surface area contributed by atoms with Crippen LogP contribution in [-0.2, 0) is 4.79 Å². The van der Waals surface area contributed by atoms with E-state index in [1.807, 2.05) is 72.8 Å². The number of nitrogens with one attached hydrogen (secondary N) is 2. The van der Waals surface area contributed by atoms with Crippen molar-refractivity contribution in [3.05, 3.63) is 96.8 Å². The molecule has 0 saturated heterocycles. The highest BCUT2D eigenvalue weighted by Gasteiger charge is 2.19. The van der Waals surface area contributed by atoms with Crippen molar-refractivity contribution in [2.24, 2.45) is 0 Å². The van der Waals surface area contributed by atoms with Gasteiger partial charge in [0.05, 0.1) is 11.9 Å². The molecule has 0 bridgehead atoms. The molecule has 2 aromatic heterocycles. The standard InChI is InChI=1S/C26H21N5O3/c1-17(34-21-12-11-18-7-5-6-10-20(18)15-21)25(32)29-30-26(33)22-16-28-31-23(13-14-27-24(22)31)19-8-3-2-4-9-19/h2-17H,1H3,(H,29,32)(H,30,33). The number of benzene rings is 3. The number of fused-ring (bicyclic) bond motifs is 2. The molecule has 0 aliphatic heterocycles. The van der Waals surface area contributed by atoms with Gasteiger partial charge in [-0.05, 0) is 35.9 Å². The maximum Gasteiger partial charge on any atom is 0.279 e. The van der Waals surface area contributed by atoms with Crippen LogP contribution in [0.15, 0.2) is 91.3 Å². The van der Waals surface area contributed by atoms with E-state index in [2.05, 4.69) is 20.9 Å². The molecule has 3 aromatic carbocycles. The number of ether oxygens (including phenoxy) is 1. The van der Waals surface area contributed by atoms with Gasteiger partial charge in [0.1, 0.15) is 11.3 Å². The SMILES string of the molecule is CC(Oc1ccc2ccccc2c1)C(=O)NNC(=O)c1cnn2c(-c3ccccc3)ccnc12. The summed E-state index contributed by atoms with van der Waals surface area (Å²) in [6, 6.07) is 25.0. The summed E-state index contributed by atoms with van der Waals surface area (Å²) in [5.41, 5.74) is 7.19. The highest BCUT2D eigenvalue weighted by Crippen LogP contribution is 2.22. The van der Waals surface area contributed by atoms with Crippen molar-refractivity contribution in [1.82, 2.24) is 25.4 Å². The average Bonchev–Trinajstić information content (AvgIpc) is 3.32. The lowest BCUT2D eigenvalue weighted by molar-refractivity contribution is -0.128. The van der Waals surface area contributed by atoms with Crippen LogP contribution in [0.4, 0.5) is 0 Å². The zero-order chi connectivity index (χ0) is 23.5. The number of aromatic nitrogens is 3. The van der Waals surface area contributed by atoms with E-state index in [9.17, 15) is 9.59 Å². The van der Waals surface area contributed by atoms with Gasteiger partial charge in [0.2, 0.25) is 0 Å². The van der Waals surface area contributed by atoms with Crippen LogP contribution >= 0.6 is 0 Å². The summed E-state index contributed by atoms with van der Waals surface area (Å²) < 4.78 is 7.34. The van der Waals surface area contributed by atoms with Crippen LogP contribution in [0.3, 0.4) is 0 Å². The number of hydrogen-bond acceptors (Lipinski definition) is 5. The lowest BCUT2D eigenvalue weighted by Crippen LogP contribution is -2.47. The molecule has 8 heteroatoms. The largest absolute Gasteiger partial charge is 0.481 e. The van der Waals surface area contributed by atoms with E-state index in [0.29, 0.717) is 11.4 Å². The second kappa shape index (κ2) is 9.03. The minimum atomic E-state index is -0.826. The molecular weight excluding hydrogens is 430 g/mol. The first kappa shape index (κ1) is 21.1. The molecule has 1 atom stereocenters. The molecule has 8 nitrogen and oxygen atoms in total. The Labute approximate surface area is 195 Å². The lowest BCUT2D eigenvalue weighted by atomic mass is 10.1. The first-order valence-electron chi connectivity index (χ1n) is 10.7. The Balaban J connectivity index is 1.26. The Bertz CT molecular complexity index is 1500. The maximum absolute atomic E-state index is 12.7. The molecule has 0 aliphatic carbocycles. The van der Waals surface area contributed by atoms with E-state index >= 15 is 0 Å². The second-order valence-corrected chi connectivity index (χ2v) is 7.70. The van der Waals surface area contributed by atoms with Crippen molar-refractivity contribution >= 4 is 28.2 Å². The molecule has 0 spiro atoms. The molecule has 1 unspecified atom stereocenters. The Morgan fingerprint density at radius 3 is 2.50 bits per heavy atom. The summed E-state index contributed by atoms with van der Waals surface area (Å²) in [7, 11) is 0.